The lowest BCUT2D eigenvalue weighted by molar-refractivity contribution is 0.204. The maximum Gasteiger partial charge on any atom is 0.0992 e. The van der Waals surface area contributed by atoms with Gasteiger partial charge in [0.05, 0.1) is 18.2 Å². The predicted octanol–water partition coefficient (Wildman–Crippen LogP) is 2.67. The molecule has 3 nitrogen and oxygen atoms in total. The van der Waals surface area contributed by atoms with Crippen LogP contribution in [-0.2, 0) is 4.74 Å². The van der Waals surface area contributed by atoms with Gasteiger partial charge in [-0.25, -0.2) is 0 Å². The number of methoxy groups -OCH3 is 1. The second kappa shape index (κ2) is 6.93. The van der Waals surface area contributed by atoms with Crippen molar-refractivity contribution in [1.29, 1.82) is 5.26 Å². The van der Waals surface area contributed by atoms with Crippen LogP contribution in [-0.4, -0.2) is 26.8 Å². The average molecular weight is 232 g/mol. The summed E-state index contributed by atoms with van der Waals surface area (Å²) in [5, 5.41) is 8.91. The van der Waals surface area contributed by atoms with E-state index in [0.29, 0.717) is 18.1 Å². The molecule has 0 aliphatic heterocycles. The van der Waals surface area contributed by atoms with E-state index < -0.39 is 0 Å². The topological polar surface area (TPSA) is 36.3 Å². The summed E-state index contributed by atoms with van der Waals surface area (Å²) in [7, 11) is 1.71. The van der Waals surface area contributed by atoms with Crippen molar-refractivity contribution in [3.05, 3.63) is 29.8 Å². The summed E-state index contributed by atoms with van der Waals surface area (Å²) in [5.41, 5.74) is 1.79. The van der Waals surface area contributed by atoms with Crippen LogP contribution in [0.4, 0.5) is 5.69 Å². The highest BCUT2D eigenvalue weighted by atomic mass is 16.5. The van der Waals surface area contributed by atoms with Gasteiger partial charge in [0.25, 0.3) is 0 Å². The van der Waals surface area contributed by atoms with Crippen LogP contribution in [0.25, 0.3) is 0 Å². The minimum atomic E-state index is 0.581. The summed E-state index contributed by atoms with van der Waals surface area (Å²) in [6.45, 7) is 6.90. The molecule has 0 amide bonds. The van der Waals surface area contributed by atoms with Crippen molar-refractivity contribution >= 4 is 5.69 Å². The molecule has 0 heterocycles. The number of rotatable bonds is 6. The highest BCUT2D eigenvalue weighted by Gasteiger charge is 2.08. The molecule has 0 N–H and O–H groups in total. The van der Waals surface area contributed by atoms with Gasteiger partial charge in [0.2, 0.25) is 0 Å². The Balaban J connectivity index is 2.83. The Morgan fingerprint density at radius 2 is 2.18 bits per heavy atom. The largest absolute Gasteiger partial charge is 0.383 e. The molecule has 3 heteroatoms. The van der Waals surface area contributed by atoms with Crippen molar-refractivity contribution in [2.45, 2.75) is 13.8 Å². The van der Waals surface area contributed by atoms with Crippen LogP contribution in [0.3, 0.4) is 0 Å². The second-order valence-electron chi connectivity index (χ2n) is 4.49. The molecule has 0 aliphatic rings. The smallest absolute Gasteiger partial charge is 0.0992 e. The molecule has 0 saturated heterocycles. The number of hydrogen-bond acceptors (Lipinski definition) is 3. The van der Waals surface area contributed by atoms with Gasteiger partial charge >= 0.3 is 0 Å². The Bertz CT molecular complexity index is 382. The zero-order chi connectivity index (χ0) is 12.7. The minimum Gasteiger partial charge on any atom is -0.383 e. The van der Waals surface area contributed by atoms with Crippen LogP contribution < -0.4 is 4.90 Å². The molecule has 0 fully saturated rings. The molecule has 1 aromatic carbocycles. The van der Waals surface area contributed by atoms with Gasteiger partial charge in [0.15, 0.2) is 0 Å². The first-order valence-electron chi connectivity index (χ1n) is 5.91. The Labute approximate surface area is 104 Å². The predicted molar refractivity (Wildman–Crippen MR) is 70.1 cm³/mol. The summed E-state index contributed by atoms with van der Waals surface area (Å²) in [6.07, 6.45) is 0. The highest BCUT2D eigenvalue weighted by molar-refractivity contribution is 5.51. The lowest BCUT2D eigenvalue weighted by Gasteiger charge is -2.26. The number of benzene rings is 1. The zero-order valence-corrected chi connectivity index (χ0v) is 10.8. The van der Waals surface area contributed by atoms with E-state index in [-0.39, 0.29) is 0 Å². The highest BCUT2D eigenvalue weighted by Crippen LogP contribution is 2.17. The van der Waals surface area contributed by atoms with Crippen molar-refractivity contribution in [3.8, 4) is 6.07 Å². The second-order valence-corrected chi connectivity index (χ2v) is 4.49. The quantitative estimate of drug-likeness (QED) is 0.756. The normalized spacial score (nSPS) is 10.3. The number of ether oxygens (including phenoxy) is 1. The van der Waals surface area contributed by atoms with Gasteiger partial charge in [-0.05, 0) is 24.1 Å². The third-order valence-electron chi connectivity index (χ3n) is 2.49. The Kier molecular flexibility index (Phi) is 5.51. The van der Waals surface area contributed by atoms with Gasteiger partial charge in [-0.3, -0.25) is 0 Å². The Hall–Kier alpha value is -1.53. The van der Waals surface area contributed by atoms with Crippen LogP contribution in [0.15, 0.2) is 24.3 Å². The molecule has 0 spiro atoms. The van der Waals surface area contributed by atoms with Crippen LogP contribution in [0.5, 0.6) is 0 Å². The average Bonchev–Trinajstić information content (AvgIpc) is 2.34. The fourth-order valence-corrected chi connectivity index (χ4v) is 1.74. The van der Waals surface area contributed by atoms with E-state index in [9.17, 15) is 0 Å². The minimum absolute atomic E-state index is 0.581. The molecule has 0 atom stereocenters. The molecule has 0 aromatic heterocycles. The summed E-state index contributed by atoms with van der Waals surface area (Å²) in [4.78, 5) is 2.26. The number of hydrogen-bond donors (Lipinski definition) is 0. The van der Waals surface area contributed by atoms with Gasteiger partial charge in [-0.1, -0.05) is 19.9 Å². The molecule has 17 heavy (non-hydrogen) atoms. The van der Waals surface area contributed by atoms with Crippen LogP contribution in [0, 0.1) is 17.2 Å². The molecule has 0 saturated carbocycles. The van der Waals surface area contributed by atoms with Gasteiger partial charge in [0, 0.05) is 25.9 Å². The number of anilines is 1. The number of nitriles is 1. The molecule has 0 bridgehead atoms. The van der Waals surface area contributed by atoms with E-state index in [1.54, 1.807) is 7.11 Å². The SMILES string of the molecule is COCCN(CC(C)C)c1cccc(C#N)c1. The Morgan fingerprint density at radius 1 is 1.41 bits per heavy atom. The fourth-order valence-electron chi connectivity index (χ4n) is 1.74. The first-order chi connectivity index (χ1) is 8.17. The molecule has 0 aliphatic carbocycles. The maximum absolute atomic E-state index is 8.91. The monoisotopic (exact) mass is 232 g/mol. The van der Waals surface area contributed by atoms with E-state index in [2.05, 4.69) is 24.8 Å². The van der Waals surface area contributed by atoms with Crippen molar-refractivity contribution in [2.24, 2.45) is 5.92 Å². The van der Waals surface area contributed by atoms with Crippen LogP contribution in [0.1, 0.15) is 19.4 Å². The molecule has 0 unspecified atom stereocenters. The maximum atomic E-state index is 8.91. The Morgan fingerprint density at radius 3 is 2.76 bits per heavy atom. The van der Waals surface area contributed by atoms with E-state index >= 15 is 0 Å². The standard InChI is InChI=1S/C14H20N2O/c1-12(2)11-16(7-8-17-3)14-6-4-5-13(9-14)10-15/h4-6,9,12H,7-8,11H2,1-3H3. The lowest BCUT2D eigenvalue weighted by atomic mass is 10.1. The summed E-state index contributed by atoms with van der Waals surface area (Å²) in [6, 6.07) is 9.89. The summed E-state index contributed by atoms with van der Waals surface area (Å²) in [5.74, 6) is 0.581. The molecular formula is C14H20N2O. The fraction of sp³-hybridized carbons (Fsp3) is 0.500. The van der Waals surface area contributed by atoms with Crippen LogP contribution >= 0.6 is 0 Å². The lowest BCUT2D eigenvalue weighted by Crippen LogP contribution is -2.30. The van der Waals surface area contributed by atoms with Crippen molar-refractivity contribution < 1.29 is 4.74 Å². The molecular weight excluding hydrogens is 212 g/mol. The first kappa shape index (κ1) is 13.5. The third-order valence-corrected chi connectivity index (χ3v) is 2.49. The van der Waals surface area contributed by atoms with Crippen molar-refractivity contribution in [1.82, 2.24) is 0 Å². The van der Waals surface area contributed by atoms with Crippen LogP contribution in [0.2, 0.25) is 0 Å². The molecule has 0 radical (unpaired) electrons. The van der Waals surface area contributed by atoms with Crippen molar-refractivity contribution in [3.63, 3.8) is 0 Å². The first-order valence-corrected chi connectivity index (χ1v) is 5.91. The van der Waals surface area contributed by atoms with Gasteiger partial charge in [-0.15, -0.1) is 0 Å². The van der Waals surface area contributed by atoms with E-state index in [1.807, 2.05) is 24.3 Å². The van der Waals surface area contributed by atoms with E-state index in [1.165, 1.54) is 0 Å². The zero-order valence-electron chi connectivity index (χ0n) is 10.8. The van der Waals surface area contributed by atoms with Crippen molar-refractivity contribution in [2.75, 3.05) is 31.7 Å². The van der Waals surface area contributed by atoms with Gasteiger partial charge < -0.3 is 9.64 Å². The van der Waals surface area contributed by atoms with Gasteiger partial charge in [-0.2, -0.15) is 5.26 Å². The van der Waals surface area contributed by atoms with E-state index in [0.717, 1.165) is 18.8 Å². The third kappa shape index (κ3) is 4.46. The molecule has 92 valence electrons. The summed E-state index contributed by atoms with van der Waals surface area (Å²) < 4.78 is 5.13. The summed E-state index contributed by atoms with van der Waals surface area (Å²) >= 11 is 0. The molecule has 1 rings (SSSR count). The van der Waals surface area contributed by atoms with E-state index in [4.69, 9.17) is 10.00 Å². The molecule has 1 aromatic rings. The number of nitrogens with zero attached hydrogens (tertiary/aromatic N) is 2. The van der Waals surface area contributed by atoms with Gasteiger partial charge in [0.1, 0.15) is 0 Å².